The van der Waals surface area contributed by atoms with E-state index in [-0.39, 0.29) is 17.6 Å². The molecule has 0 unspecified atom stereocenters. The van der Waals surface area contributed by atoms with Crippen molar-refractivity contribution in [2.75, 3.05) is 13.1 Å². The fraction of sp³-hybridized carbons (Fsp3) is 0.400. The van der Waals surface area contributed by atoms with Gasteiger partial charge in [-0.25, -0.2) is 19.0 Å². The zero-order valence-corrected chi connectivity index (χ0v) is 15.9. The Morgan fingerprint density at radius 3 is 2.79 bits per heavy atom. The zero-order valence-electron chi connectivity index (χ0n) is 15.9. The number of halogens is 1. The van der Waals surface area contributed by atoms with Crippen molar-refractivity contribution in [1.29, 1.82) is 0 Å². The van der Waals surface area contributed by atoms with Gasteiger partial charge in [-0.3, -0.25) is 4.79 Å². The van der Waals surface area contributed by atoms with Crippen LogP contribution in [0.3, 0.4) is 0 Å². The number of amides is 1. The van der Waals surface area contributed by atoms with Crippen molar-refractivity contribution in [2.24, 2.45) is 7.05 Å². The van der Waals surface area contributed by atoms with Crippen molar-refractivity contribution in [2.45, 2.75) is 31.8 Å². The molecule has 28 heavy (non-hydrogen) atoms. The zero-order chi connectivity index (χ0) is 19.7. The maximum Gasteiger partial charge on any atom is 0.263 e. The first kappa shape index (κ1) is 18.3. The molecule has 0 N–H and O–H groups in total. The van der Waals surface area contributed by atoms with Crippen LogP contribution in [-0.2, 0) is 11.8 Å². The number of benzene rings is 1. The van der Waals surface area contributed by atoms with Crippen molar-refractivity contribution in [3.63, 3.8) is 0 Å². The largest absolute Gasteiger partial charge is 0.481 e. The number of aryl methyl sites for hydroxylation is 1. The number of carbonyl (C=O) groups excluding carboxylic acids is 1. The molecule has 0 saturated carbocycles. The molecule has 0 radical (unpaired) electrons. The van der Waals surface area contributed by atoms with Gasteiger partial charge in [-0.05, 0) is 44.0 Å². The summed E-state index contributed by atoms with van der Waals surface area (Å²) in [6.45, 7) is 2.97. The van der Waals surface area contributed by atoms with E-state index in [1.807, 2.05) is 11.9 Å². The molecule has 3 heterocycles. The number of hydrogen-bond donors (Lipinski definition) is 0. The summed E-state index contributed by atoms with van der Waals surface area (Å²) in [7, 11) is 1.85. The molecule has 2 atom stereocenters. The van der Waals surface area contributed by atoms with Crippen molar-refractivity contribution in [3.8, 4) is 5.75 Å². The Kier molecular flexibility index (Phi) is 4.93. The standard InChI is InChI=1S/C20H22FN5O2/c1-13(28-16-7-5-15(21)6-8-16)20(27)26-11-3-4-14(12-26)17-18-19(25(2)24-17)23-10-9-22-18/h5-10,13-14H,3-4,11-12H2,1-2H3/t13-,14+/m0/s1. The molecule has 1 saturated heterocycles. The van der Waals surface area contributed by atoms with Crippen LogP contribution < -0.4 is 4.74 Å². The van der Waals surface area contributed by atoms with E-state index >= 15 is 0 Å². The summed E-state index contributed by atoms with van der Waals surface area (Å²) in [6, 6.07) is 5.68. The lowest BCUT2D eigenvalue weighted by atomic mass is 9.94. The van der Waals surface area contributed by atoms with E-state index in [4.69, 9.17) is 4.74 Å². The first-order valence-corrected chi connectivity index (χ1v) is 9.37. The average molecular weight is 383 g/mol. The van der Waals surface area contributed by atoms with Crippen LogP contribution in [0, 0.1) is 5.82 Å². The van der Waals surface area contributed by atoms with Crippen molar-refractivity contribution < 1.29 is 13.9 Å². The number of piperidine rings is 1. The van der Waals surface area contributed by atoms with Gasteiger partial charge in [0.2, 0.25) is 0 Å². The van der Waals surface area contributed by atoms with Crippen molar-refractivity contribution in [3.05, 3.63) is 48.2 Å². The number of carbonyl (C=O) groups is 1. The first-order valence-electron chi connectivity index (χ1n) is 9.37. The molecule has 1 amide bonds. The molecule has 146 valence electrons. The maximum atomic E-state index is 13.0. The Morgan fingerprint density at radius 2 is 2.00 bits per heavy atom. The number of likely N-dealkylation sites (tertiary alicyclic amines) is 1. The van der Waals surface area contributed by atoms with Gasteiger partial charge in [0, 0.05) is 38.4 Å². The minimum Gasteiger partial charge on any atom is -0.481 e. The molecule has 0 bridgehead atoms. The van der Waals surface area contributed by atoms with E-state index in [2.05, 4.69) is 15.1 Å². The molecule has 7 nitrogen and oxygen atoms in total. The summed E-state index contributed by atoms with van der Waals surface area (Å²) in [4.78, 5) is 23.5. The Balaban J connectivity index is 1.48. The number of rotatable bonds is 4. The number of fused-ring (bicyclic) bond motifs is 1. The second-order valence-corrected chi connectivity index (χ2v) is 7.07. The van der Waals surface area contributed by atoms with E-state index in [0.29, 0.717) is 18.8 Å². The predicted octanol–water partition coefficient (Wildman–Crippen LogP) is 2.68. The molecule has 2 aromatic heterocycles. The minimum absolute atomic E-state index is 0.0830. The Bertz CT molecular complexity index is 988. The lowest BCUT2D eigenvalue weighted by Crippen LogP contribution is -2.45. The third-order valence-electron chi connectivity index (χ3n) is 5.08. The van der Waals surface area contributed by atoms with Crippen LogP contribution in [0.2, 0.25) is 0 Å². The van der Waals surface area contributed by atoms with Crippen molar-refractivity contribution in [1.82, 2.24) is 24.6 Å². The molecule has 1 aliphatic rings. The average Bonchev–Trinajstić information content (AvgIpc) is 3.06. The molecule has 3 aromatic rings. The molecule has 8 heteroatoms. The Labute approximate surface area is 162 Å². The van der Waals surface area contributed by atoms with Gasteiger partial charge < -0.3 is 9.64 Å². The minimum atomic E-state index is -0.649. The van der Waals surface area contributed by atoms with Crippen LogP contribution in [0.5, 0.6) is 5.75 Å². The van der Waals surface area contributed by atoms with Crippen LogP contribution in [0.25, 0.3) is 11.2 Å². The molecule has 1 aliphatic heterocycles. The van der Waals surface area contributed by atoms with E-state index in [1.165, 1.54) is 24.3 Å². The summed E-state index contributed by atoms with van der Waals surface area (Å²) in [6.07, 6.45) is 4.50. The monoisotopic (exact) mass is 383 g/mol. The summed E-state index contributed by atoms with van der Waals surface area (Å²) >= 11 is 0. The highest BCUT2D eigenvalue weighted by Gasteiger charge is 2.31. The van der Waals surface area contributed by atoms with E-state index in [0.717, 1.165) is 29.7 Å². The third-order valence-corrected chi connectivity index (χ3v) is 5.08. The lowest BCUT2D eigenvalue weighted by Gasteiger charge is -2.33. The van der Waals surface area contributed by atoms with E-state index in [1.54, 1.807) is 24.0 Å². The molecule has 4 rings (SSSR count). The van der Waals surface area contributed by atoms with Crippen LogP contribution >= 0.6 is 0 Å². The molecular formula is C20H22FN5O2. The Hall–Kier alpha value is -3.03. The summed E-state index contributed by atoms with van der Waals surface area (Å²) in [5.41, 5.74) is 2.42. The van der Waals surface area contributed by atoms with Gasteiger partial charge in [0.1, 0.15) is 17.1 Å². The normalized spacial score (nSPS) is 18.2. The van der Waals surface area contributed by atoms with Gasteiger partial charge >= 0.3 is 0 Å². The predicted molar refractivity (Wildman–Crippen MR) is 101 cm³/mol. The fourth-order valence-corrected chi connectivity index (χ4v) is 3.70. The summed E-state index contributed by atoms with van der Waals surface area (Å²) in [5.74, 6) is 0.161. The van der Waals surface area contributed by atoms with Gasteiger partial charge in [0.25, 0.3) is 5.91 Å². The first-order chi connectivity index (χ1) is 13.5. The van der Waals surface area contributed by atoms with E-state index < -0.39 is 6.10 Å². The molecular weight excluding hydrogens is 361 g/mol. The highest BCUT2D eigenvalue weighted by atomic mass is 19.1. The van der Waals surface area contributed by atoms with Gasteiger partial charge in [-0.1, -0.05) is 0 Å². The smallest absolute Gasteiger partial charge is 0.263 e. The second kappa shape index (κ2) is 7.53. The van der Waals surface area contributed by atoms with Crippen LogP contribution in [0.4, 0.5) is 4.39 Å². The quantitative estimate of drug-likeness (QED) is 0.693. The second-order valence-electron chi connectivity index (χ2n) is 7.07. The fourth-order valence-electron chi connectivity index (χ4n) is 3.70. The highest BCUT2D eigenvalue weighted by molar-refractivity contribution is 5.81. The van der Waals surface area contributed by atoms with E-state index in [9.17, 15) is 9.18 Å². The maximum absolute atomic E-state index is 13.0. The molecule has 0 aliphatic carbocycles. The summed E-state index contributed by atoms with van der Waals surface area (Å²) < 4.78 is 20.5. The number of aromatic nitrogens is 4. The molecule has 1 aromatic carbocycles. The number of hydrogen-bond acceptors (Lipinski definition) is 5. The van der Waals surface area contributed by atoms with Gasteiger partial charge in [-0.2, -0.15) is 5.10 Å². The number of nitrogens with zero attached hydrogens (tertiary/aromatic N) is 5. The molecule has 1 fully saturated rings. The lowest BCUT2D eigenvalue weighted by molar-refractivity contribution is -0.139. The van der Waals surface area contributed by atoms with Crippen LogP contribution in [0.1, 0.15) is 31.4 Å². The highest BCUT2D eigenvalue weighted by Crippen LogP contribution is 2.30. The SMILES string of the molecule is C[C@H](Oc1ccc(F)cc1)C(=O)N1CCC[C@@H](c2nn(C)c3nccnc23)C1. The third kappa shape index (κ3) is 3.54. The summed E-state index contributed by atoms with van der Waals surface area (Å²) in [5, 5.41) is 4.61. The van der Waals surface area contributed by atoms with Gasteiger partial charge in [0.15, 0.2) is 11.8 Å². The van der Waals surface area contributed by atoms with Gasteiger partial charge in [-0.15, -0.1) is 0 Å². The van der Waals surface area contributed by atoms with Crippen LogP contribution in [0.15, 0.2) is 36.7 Å². The topological polar surface area (TPSA) is 73.1 Å². The van der Waals surface area contributed by atoms with Gasteiger partial charge in [0.05, 0.1) is 5.69 Å². The Morgan fingerprint density at radius 1 is 1.25 bits per heavy atom. The van der Waals surface area contributed by atoms with Crippen LogP contribution in [-0.4, -0.2) is 49.7 Å². The van der Waals surface area contributed by atoms with Crippen molar-refractivity contribution >= 4 is 17.1 Å². The number of ether oxygens (including phenoxy) is 1. The molecule has 0 spiro atoms.